The van der Waals surface area contributed by atoms with E-state index in [1.807, 2.05) is 19.1 Å². The van der Waals surface area contributed by atoms with Crippen molar-refractivity contribution in [2.75, 3.05) is 37.5 Å². The predicted octanol–water partition coefficient (Wildman–Crippen LogP) is 3.28. The van der Waals surface area contributed by atoms with Gasteiger partial charge in [-0.3, -0.25) is 9.59 Å². The van der Waals surface area contributed by atoms with Gasteiger partial charge in [0.15, 0.2) is 0 Å². The number of rotatable bonds is 8. The van der Waals surface area contributed by atoms with Crippen LogP contribution in [0.4, 0.5) is 11.5 Å². The summed E-state index contributed by atoms with van der Waals surface area (Å²) in [6.07, 6.45) is 4.39. The summed E-state index contributed by atoms with van der Waals surface area (Å²) in [6.45, 7) is 3.02. The van der Waals surface area contributed by atoms with Crippen molar-refractivity contribution < 1.29 is 24.2 Å². The molecular formula is C25H32N4O5. The molecule has 2 aliphatic rings. The summed E-state index contributed by atoms with van der Waals surface area (Å²) in [5.41, 5.74) is 9.08. The molecule has 2 heterocycles. The molecule has 1 atom stereocenters. The molecule has 0 radical (unpaired) electrons. The topological polar surface area (TPSA) is 128 Å². The first-order valence-corrected chi connectivity index (χ1v) is 11.8. The van der Waals surface area contributed by atoms with Gasteiger partial charge < -0.3 is 25.2 Å². The second-order valence-corrected chi connectivity index (χ2v) is 9.09. The van der Waals surface area contributed by atoms with Crippen LogP contribution in [0.5, 0.6) is 6.01 Å². The Morgan fingerprint density at radius 3 is 2.53 bits per heavy atom. The molecule has 1 aliphatic heterocycles. The van der Waals surface area contributed by atoms with Crippen molar-refractivity contribution in [3.63, 3.8) is 0 Å². The van der Waals surface area contributed by atoms with Crippen molar-refractivity contribution in [2.45, 2.75) is 44.9 Å². The zero-order chi connectivity index (χ0) is 24.2. The third kappa shape index (κ3) is 4.99. The average Bonchev–Trinajstić information content (AvgIpc) is 2.84. The van der Waals surface area contributed by atoms with Gasteiger partial charge in [-0.2, -0.15) is 9.97 Å². The Hall–Kier alpha value is -3.20. The number of carbonyl (C=O) groups is 2. The van der Waals surface area contributed by atoms with Crippen LogP contribution < -0.4 is 15.4 Å². The number of carboxylic acids is 1. The zero-order valence-corrected chi connectivity index (χ0v) is 19.7. The Morgan fingerprint density at radius 1 is 1.18 bits per heavy atom. The van der Waals surface area contributed by atoms with Gasteiger partial charge >= 0.3 is 12.0 Å². The number of hydrogen-bond donors (Lipinski definition) is 2. The van der Waals surface area contributed by atoms with Gasteiger partial charge in [0, 0.05) is 25.8 Å². The molecule has 182 valence electrons. The lowest BCUT2D eigenvalue weighted by atomic mass is 9.74. The quantitative estimate of drug-likeness (QED) is 0.565. The Labute approximate surface area is 199 Å². The first-order valence-electron chi connectivity index (χ1n) is 11.8. The highest BCUT2D eigenvalue weighted by molar-refractivity contribution is 6.10. The monoisotopic (exact) mass is 468 g/mol. The van der Waals surface area contributed by atoms with Crippen LogP contribution in [-0.2, 0) is 16.0 Å². The molecule has 3 N–H and O–H groups in total. The van der Waals surface area contributed by atoms with Crippen molar-refractivity contribution in [3.05, 3.63) is 41.1 Å². The highest BCUT2D eigenvalue weighted by Gasteiger charge is 2.32. The van der Waals surface area contributed by atoms with Crippen LogP contribution >= 0.6 is 0 Å². The molecule has 0 saturated heterocycles. The van der Waals surface area contributed by atoms with Crippen LogP contribution in [0.15, 0.2) is 24.3 Å². The van der Waals surface area contributed by atoms with E-state index in [4.69, 9.17) is 15.2 Å². The number of benzene rings is 1. The maximum Gasteiger partial charge on any atom is 0.318 e. The summed E-state index contributed by atoms with van der Waals surface area (Å²) in [4.78, 5) is 34.7. The number of anilines is 2. The van der Waals surface area contributed by atoms with E-state index in [0.29, 0.717) is 43.4 Å². The van der Waals surface area contributed by atoms with Crippen molar-refractivity contribution in [2.24, 2.45) is 11.8 Å². The Bertz CT molecular complexity index is 1030. The fourth-order valence-electron chi connectivity index (χ4n) is 4.98. The summed E-state index contributed by atoms with van der Waals surface area (Å²) < 4.78 is 10.4. The third-order valence-electron chi connectivity index (χ3n) is 7.09. The molecule has 1 aromatic carbocycles. The number of carboxylic acid groups (broad SMARTS) is 1. The van der Waals surface area contributed by atoms with Gasteiger partial charge in [-0.15, -0.1) is 0 Å². The number of aliphatic carboxylic acids is 1. The largest absolute Gasteiger partial charge is 0.481 e. The minimum atomic E-state index is -0.707. The minimum Gasteiger partial charge on any atom is -0.481 e. The fraction of sp³-hybridized carbons (Fsp3) is 0.520. The zero-order valence-electron chi connectivity index (χ0n) is 19.7. The first-order chi connectivity index (χ1) is 16.4. The number of fused-ring (bicyclic) bond motifs is 1. The SMILES string of the molecule is COCCOc1nc(N)c2c(n1)CCN(c1ccc(C3CCC(C(C)C(=O)O)CC3)cc1)C2=O. The van der Waals surface area contributed by atoms with E-state index in [1.165, 1.54) is 5.56 Å². The van der Waals surface area contributed by atoms with Gasteiger partial charge in [0.1, 0.15) is 18.0 Å². The van der Waals surface area contributed by atoms with E-state index >= 15 is 0 Å². The molecule has 1 aliphatic carbocycles. The Kier molecular flexibility index (Phi) is 7.31. The van der Waals surface area contributed by atoms with E-state index in [9.17, 15) is 14.7 Å². The third-order valence-corrected chi connectivity index (χ3v) is 7.09. The van der Waals surface area contributed by atoms with Crippen molar-refractivity contribution in [1.82, 2.24) is 9.97 Å². The van der Waals surface area contributed by atoms with E-state index in [1.54, 1.807) is 12.0 Å². The summed E-state index contributed by atoms with van der Waals surface area (Å²) >= 11 is 0. The lowest BCUT2D eigenvalue weighted by Crippen LogP contribution is -2.39. The molecule has 34 heavy (non-hydrogen) atoms. The van der Waals surface area contributed by atoms with Gasteiger partial charge in [0.05, 0.1) is 18.2 Å². The van der Waals surface area contributed by atoms with Crippen molar-refractivity contribution in [3.8, 4) is 6.01 Å². The smallest absolute Gasteiger partial charge is 0.318 e. The molecule has 0 bridgehead atoms. The predicted molar refractivity (Wildman–Crippen MR) is 127 cm³/mol. The molecule has 1 aromatic heterocycles. The van der Waals surface area contributed by atoms with Crippen molar-refractivity contribution in [1.29, 1.82) is 0 Å². The highest BCUT2D eigenvalue weighted by atomic mass is 16.5. The number of nitrogens with two attached hydrogens (primary N) is 1. The summed E-state index contributed by atoms with van der Waals surface area (Å²) in [5.74, 6) is -0.418. The number of hydrogen-bond acceptors (Lipinski definition) is 7. The van der Waals surface area contributed by atoms with Crippen LogP contribution in [-0.4, -0.2) is 53.8 Å². The summed E-state index contributed by atoms with van der Waals surface area (Å²) in [5, 5.41) is 9.27. The highest BCUT2D eigenvalue weighted by Crippen LogP contribution is 2.39. The molecular weight excluding hydrogens is 436 g/mol. The van der Waals surface area contributed by atoms with Crippen LogP contribution in [0.3, 0.4) is 0 Å². The van der Waals surface area contributed by atoms with E-state index in [0.717, 1.165) is 31.4 Å². The maximum absolute atomic E-state index is 13.2. The van der Waals surface area contributed by atoms with Gasteiger partial charge in [-0.05, 0) is 55.2 Å². The second-order valence-electron chi connectivity index (χ2n) is 9.09. The molecule has 2 aromatic rings. The van der Waals surface area contributed by atoms with Gasteiger partial charge in [-0.25, -0.2) is 0 Å². The summed E-state index contributed by atoms with van der Waals surface area (Å²) in [6, 6.07) is 8.27. The van der Waals surface area contributed by atoms with Crippen molar-refractivity contribution >= 4 is 23.4 Å². The van der Waals surface area contributed by atoms with Gasteiger partial charge in [-0.1, -0.05) is 19.1 Å². The molecule has 1 unspecified atom stereocenters. The molecule has 0 spiro atoms. The van der Waals surface area contributed by atoms with Gasteiger partial charge in [0.25, 0.3) is 5.91 Å². The standard InChI is InChI=1S/C25H32N4O5/c1-15(24(31)32)16-3-5-17(6-4-16)18-7-9-19(10-8-18)29-12-11-20-21(23(29)30)22(26)28-25(27-20)34-14-13-33-2/h7-10,15-17H,3-6,11-14H2,1-2H3,(H,31,32)(H2,26,27,28). The Balaban J connectivity index is 1.42. The number of nitrogen functional groups attached to an aromatic ring is 1. The molecule has 4 rings (SSSR count). The second kappa shape index (κ2) is 10.4. The number of carbonyl (C=O) groups excluding carboxylic acids is 1. The van der Waals surface area contributed by atoms with Gasteiger partial charge in [0.2, 0.25) is 0 Å². The van der Waals surface area contributed by atoms with Crippen LogP contribution in [0, 0.1) is 11.8 Å². The number of ether oxygens (including phenoxy) is 2. The lowest BCUT2D eigenvalue weighted by Gasteiger charge is -2.31. The molecule has 1 amide bonds. The van der Waals surface area contributed by atoms with Crippen LogP contribution in [0.25, 0.3) is 0 Å². The number of methoxy groups -OCH3 is 1. The van der Waals surface area contributed by atoms with E-state index < -0.39 is 5.97 Å². The maximum atomic E-state index is 13.2. The molecule has 9 nitrogen and oxygen atoms in total. The minimum absolute atomic E-state index is 0.121. The number of amides is 1. The van der Waals surface area contributed by atoms with Crippen LogP contribution in [0.2, 0.25) is 0 Å². The lowest BCUT2D eigenvalue weighted by molar-refractivity contribution is -0.143. The summed E-state index contributed by atoms with van der Waals surface area (Å²) in [7, 11) is 1.58. The van der Waals surface area contributed by atoms with Crippen LogP contribution in [0.1, 0.15) is 60.1 Å². The number of nitrogens with zero attached hydrogens (tertiary/aromatic N) is 3. The Morgan fingerprint density at radius 2 is 1.88 bits per heavy atom. The number of aromatic nitrogens is 2. The fourth-order valence-corrected chi connectivity index (χ4v) is 4.98. The van der Waals surface area contributed by atoms with E-state index in [2.05, 4.69) is 22.1 Å². The molecule has 1 saturated carbocycles. The normalized spacial score (nSPS) is 21.1. The van der Waals surface area contributed by atoms with E-state index in [-0.39, 0.29) is 29.6 Å². The first kappa shape index (κ1) is 23.9. The average molecular weight is 469 g/mol. The molecule has 1 fully saturated rings. The molecule has 9 heteroatoms.